The van der Waals surface area contributed by atoms with Crippen molar-refractivity contribution in [3.63, 3.8) is 0 Å². The summed E-state index contributed by atoms with van der Waals surface area (Å²) in [5, 5.41) is 13.4. The van der Waals surface area contributed by atoms with Crippen LogP contribution >= 0.6 is 0 Å². The molecule has 14 heavy (non-hydrogen) atoms. The van der Waals surface area contributed by atoms with E-state index >= 15 is 0 Å². The van der Waals surface area contributed by atoms with Crippen molar-refractivity contribution in [1.82, 2.24) is 5.32 Å². The van der Waals surface area contributed by atoms with E-state index in [4.69, 9.17) is 4.74 Å². The van der Waals surface area contributed by atoms with Crippen LogP contribution < -0.4 is 5.32 Å². The van der Waals surface area contributed by atoms with Gasteiger partial charge in [0.2, 0.25) is 0 Å². The van der Waals surface area contributed by atoms with E-state index in [0.29, 0.717) is 12.6 Å². The summed E-state index contributed by atoms with van der Waals surface area (Å²) < 4.78 is 5.37. The van der Waals surface area contributed by atoms with E-state index in [1.165, 1.54) is 6.42 Å². The van der Waals surface area contributed by atoms with Crippen LogP contribution in [-0.2, 0) is 4.74 Å². The van der Waals surface area contributed by atoms with E-state index < -0.39 is 5.60 Å². The molecule has 0 aromatic rings. The Hall–Kier alpha value is -0.120. The predicted octanol–water partition coefficient (Wildman–Crippen LogP) is 1.31. The molecule has 0 bridgehead atoms. The molecule has 0 aromatic carbocycles. The Labute approximate surface area is 86.8 Å². The van der Waals surface area contributed by atoms with Crippen LogP contribution in [0.25, 0.3) is 0 Å². The van der Waals surface area contributed by atoms with Crippen LogP contribution in [0, 0.1) is 0 Å². The molecule has 1 aliphatic rings. The smallest absolute Gasteiger partial charge is 0.0766 e. The topological polar surface area (TPSA) is 41.5 Å². The summed E-state index contributed by atoms with van der Waals surface area (Å²) in [5.74, 6) is 0. The molecule has 0 saturated carbocycles. The number of aliphatic hydroxyl groups is 1. The monoisotopic (exact) mass is 201 g/mol. The van der Waals surface area contributed by atoms with Crippen molar-refractivity contribution in [2.24, 2.45) is 0 Å². The highest BCUT2D eigenvalue weighted by Crippen LogP contribution is 2.14. The lowest BCUT2D eigenvalue weighted by Gasteiger charge is -2.30. The van der Waals surface area contributed by atoms with E-state index in [1.54, 1.807) is 0 Å². The molecule has 1 aliphatic heterocycles. The molecule has 0 amide bonds. The van der Waals surface area contributed by atoms with Crippen LogP contribution in [-0.4, -0.2) is 36.5 Å². The van der Waals surface area contributed by atoms with Crippen molar-refractivity contribution in [1.29, 1.82) is 0 Å². The lowest BCUT2D eigenvalue weighted by Crippen LogP contribution is -2.46. The van der Waals surface area contributed by atoms with Crippen molar-refractivity contribution in [3.8, 4) is 0 Å². The first-order chi connectivity index (χ1) is 6.70. The largest absolute Gasteiger partial charge is 0.389 e. The zero-order valence-corrected chi connectivity index (χ0v) is 9.38. The van der Waals surface area contributed by atoms with Crippen molar-refractivity contribution >= 4 is 0 Å². The molecular formula is C11H23NO2. The molecule has 0 aliphatic carbocycles. The van der Waals surface area contributed by atoms with Crippen LogP contribution in [0.3, 0.4) is 0 Å². The first-order valence-electron chi connectivity index (χ1n) is 5.73. The predicted molar refractivity (Wildman–Crippen MR) is 57.4 cm³/mol. The number of hydrogen-bond acceptors (Lipinski definition) is 3. The standard InChI is InChI=1S/C11H23NO2/c1-3-11(13,4-2)9-12-10-6-5-7-14-8-10/h10,12-13H,3-9H2,1-2H3. The summed E-state index contributed by atoms with van der Waals surface area (Å²) in [4.78, 5) is 0. The first-order valence-corrected chi connectivity index (χ1v) is 5.73. The van der Waals surface area contributed by atoms with E-state index in [0.717, 1.165) is 32.5 Å². The average Bonchev–Trinajstić information content (AvgIpc) is 2.27. The molecule has 1 unspecified atom stereocenters. The number of ether oxygens (including phenoxy) is 1. The molecule has 1 rings (SSSR count). The summed E-state index contributed by atoms with van der Waals surface area (Å²) in [5.41, 5.74) is -0.530. The fourth-order valence-corrected chi connectivity index (χ4v) is 1.74. The minimum absolute atomic E-state index is 0.438. The highest BCUT2D eigenvalue weighted by molar-refractivity contribution is 4.81. The summed E-state index contributed by atoms with van der Waals surface area (Å²) in [7, 11) is 0. The van der Waals surface area contributed by atoms with Gasteiger partial charge in [-0.15, -0.1) is 0 Å². The Kier molecular flexibility index (Phi) is 4.85. The van der Waals surface area contributed by atoms with Gasteiger partial charge in [0.25, 0.3) is 0 Å². The van der Waals surface area contributed by atoms with Crippen LogP contribution in [0.4, 0.5) is 0 Å². The molecule has 3 nitrogen and oxygen atoms in total. The van der Waals surface area contributed by atoms with Gasteiger partial charge in [-0.1, -0.05) is 13.8 Å². The second-order valence-electron chi connectivity index (χ2n) is 4.23. The summed E-state index contributed by atoms with van der Waals surface area (Å²) >= 11 is 0. The Morgan fingerprint density at radius 3 is 2.64 bits per heavy atom. The lowest BCUT2D eigenvalue weighted by molar-refractivity contribution is 0.0166. The SMILES string of the molecule is CCC(O)(CC)CNC1CCCOC1. The summed E-state index contributed by atoms with van der Waals surface area (Å²) in [6, 6.07) is 0.438. The fraction of sp³-hybridized carbons (Fsp3) is 1.00. The van der Waals surface area contributed by atoms with Gasteiger partial charge in [-0.25, -0.2) is 0 Å². The third kappa shape index (κ3) is 3.56. The zero-order chi connectivity index (χ0) is 10.4. The van der Waals surface area contributed by atoms with E-state index in [-0.39, 0.29) is 0 Å². The van der Waals surface area contributed by atoms with Gasteiger partial charge in [0.1, 0.15) is 0 Å². The molecule has 1 heterocycles. The second-order valence-corrected chi connectivity index (χ2v) is 4.23. The molecule has 84 valence electrons. The molecular weight excluding hydrogens is 178 g/mol. The summed E-state index contributed by atoms with van der Waals surface area (Å²) in [6.07, 6.45) is 3.92. The minimum atomic E-state index is -0.530. The van der Waals surface area contributed by atoms with E-state index in [1.807, 2.05) is 13.8 Å². The van der Waals surface area contributed by atoms with Gasteiger partial charge in [-0.05, 0) is 25.7 Å². The average molecular weight is 201 g/mol. The van der Waals surface area contributed by atoms with Crippen LogP contribution in [0.5, 0.6) is 0 Å². The highest BCUT2D eigenvalue weighted by atomic mass is 16.5. The Morgan fingerprint density at radius 2 is 2.14 bits per heavy atom. The molecule has 0 aromatic heterocycles. The molecule has 3 heteroatoms. The number of rotatable bonds is 5. The molecule has 2 N–H and O–H groups in total. The number of nitrogens with one attached hydrogen (secondary N) is 1. The van der Waals surface area contributed by atoms with Crippen molar-refractivity contribution in [3.05, 3.63) is 0 Å². The van der Waals surface area contributed by atoms with Crippen molar-refractivity contribution in [2.45, 2.75) is 51.2 Å². The van der Waals surface area contributed by atoms with Gasteiger partial charge >= 0.3 is 0 Å². The van der Waals surface area contributed by atoms with Gasteiger partial charge < -0.3 is 15.2 Å². The molecule has 0 spiro atoms. The fourth-order valence-electron chi connectivity index (χ4n) is 1.74. The van der Waals surface area contributed by atoms with E-state index in [9.17, 15) is 5.11 Å². The third-order valence-electron chi connectivity index (χ3n) is 3.20. The van der Waals surface area contributed by atoms with Gasteiger partial charge in [0.05, 0.1) is 12.2 Å². The molecule has 1 fully saturated rings. The Morgan fingerprint density at radius 1 is 1.43 bits per heavy atom. The molecule has 1 atom stereocenters. The van der Waals surface area contributed by atoms with Gasteiger partial charge in [0.15, 0.2) is 0 Å². The maximum absolute atomic E-state index is 10.1. The van der Waals surface area contributed by atoms with Crippen LogP contribution in [0.2, 0.25) is 0 Å². The van der Waals surface area contributed by atoms with Crippen molar-refractivity contribution < 1.29 is 9.84 Å². The maximum Gasteiger partial charge on any atom is 0.0766 e. The Bertz CT molecular complexity index is 151. The maximum atomic E-state index is 10.1. The first kappa shape index (κ1) is 12.0. The zero-order valence-electron chi connectivity index (χ0n) is 9.38. The second kappa shape index (κ2) is 5.69. The number of hydrogen-bond donors (Lipinski definition) is 2. The van der Waals surface area contributed by atoms with Crippen molar-refractivity contribution in [2.75, 3.05) is 19.8 Å². The molecule has 0 radical (unpaired) electrons. The minimum Gasteiger partial charge on any atom is -0.389 e. The highest BCUT2D eigenvalue weighted by Gasteiger charge is 2.23. The van der Waals surface area contributed by atoms with Crippen LogP contribution in [0.15, 0.2) is 0 Å². The van der Waals surface area contributed by atoms with E-state index in [2.05, 4.69) is 5.32 Å². The lowest BCUT2D eigenvalue weighted by atomic mass is 9.97. The molecule has 1 saturated heterocycles. The Balaban J connectivity index is 2.23. The third-order valence-corrected chi connectivity index (χ3v) is 3.20. The summed E-state index contributed by atoms with van der Waals surface area (Å²) in [6.45, 7) is 6.44. The van der Waals surface area contributed by atoms with Gasteiger partial charge in [-0.3, -0.25) is 0 Å². The normalized spacial score (nSPS) is 23.8. The van der Waals surface area contributed by atoms with Gasteiger partial charge in [-0.2, -0.15) is 0 Å². The van der Waals surface area contributed by atoms with Gasteiger partial charge in [0, 0.05) is 19.2 Å². The quantitative estimate of drug-likeness (QED) is 0.704. The van der Waals surface area contributed by atoms with Crippen LogP contribution in [0.1, 0.15) is 39.5 Å².